The maximum Gasteiger partial charge on any atom is 0.232 e. The highest BCUT2D eigenvalue weighted by molar-refractivity contribution is 5.95. The van der Waals surface area contributed by atoms with Gasteiger partial charge in [0.15, 0.2) is 11.5 Å². The number of amides is 1. The van der Waals surface area contributed by atoms with Crippen molar-refractivity contribution in [2.45, 2.75) is 19.4 Å². The number of benzene rings is 2. The van der Waals surface area contributed by atoms with Crippen LogP contribution >= 0.6 is 12.4 Å². The zero-order valence-corrected chi connectivity index (χ0v) is 16.8. The largest absolute Gasteiger partial charge is 0.489 e. The molecule has 0 radical (unpaired) electrons. The molecule has 2 aliphatic heterocycles. The van der Waals surface area contributed by atoms with Crippen LogP contribution in [-0.4, -0.2) is 32.5 Å². The van der Waals surface area contributed by atoms with Gasteiger partial charge in [0.25, 0.3) is 0 Å². The van der Waals surface area contributed by atoms with Gasteiger partial charge in [-0.3, -0.25) is 4.79 Å². The maximum absolute atomic E-state index is 12.8. The minimum atomic E-state index is -0.558. The predicted molar refractivity (Wildman–Crippen MR) is 111 cm³/mol. The minimum absolute atomic E-state index is 0. The normalized spacial score (nSPS) is 16.6. The molecular formula is C21H25ClN2O5. The molecule has 4 rings (SSSR count). The van der Waals surface area contributed by atoms with Crippen LogP contribution in [0.5, 0.6) is 17.2 Å². The summed E-state index contributed by atoms with van der Waals surface area (Å²) >= 11 is 0. The molecule has 1 saturated heterocycles. The van der Waals surface area contributed by atoms with Gasteiger partial charge in [-0.25, -0.2) is 0 Å². The second-order valence-corrected chi connectivity index (χ2v) is 7.06. The topological polar surface area (TPSA) is 92.0 Å². The molecule has 0 unspecified atom stereocenters. The average Bonchev–Trinajstić information content (AvgIpc) is 3.21. The Morgan fingerprint density at radius 3 is 2.69 bits per heavy atom. The number of rotatable bonds is 6. The van der Waals surface area contributed by atoms with Gasteiger partial charge in [0.05, 0.1) is 5.41 Å². The lowest BCUT2D eigenvalue weighted by Crippen LogP contribution is -2.46. The van der Waals surface area contributed by atoms with Crippen molar-refractivity contribution in [2.75, 3.05) is 31.9 Å². The highest BCUT2D eigenvalue weighted by Gasteiger charge is 2.38. The Balaban J connectivity index is 0.00000240. The van der Waals surface area contributed by atoms with Gasteiger partial charge in [0, 0.05) is 31.5 Å². The maximum atomic E-state index is 12.8. The number of carbonyl (C=O) groups is 1. The molecule has 1 amide bonds. The van der Waals surface area contributed by atoms with Crippen molar-refractivity contribution < 1.29 is 23.7 Å². The summed E-state index contributed by atoms with van der Waals surface area (Å²) in [7, 11) is 0. The van der Waals surface area contributed by atoms with Crippen molar-refractivity contribution in [1.82, 2.24) is 0 Å². The van der Waals surface area contributed by atoms with Crippen molar-refractivity contribution in [3.8, 4) is 17.2 Å². The van der Waals surface area contributed by atoms with Gasteiger partial charge >= 0.3 is 0 Å². The summed E-state index contributed by atoms with van der Waals surface area (Å²) in [6.07, 6.45) is 1.28. The molecule has 0 aromatic heterocycles. The standard InChI is InChI=1S/C21H24N2O5.ClH/c22-13-21(6-8-25-9-7-21)20(24)23-16-3-1-2-15(10-16)12-26-17-4-5-18-19(11-17)28-14-27-18;/h1-5,10-11H,6-9,12-14,22H2,(H,23,24);1H. The summed E-state index contributed by atoms with van der Waals surface area (Å²) in [5.74, 6) is 2.05. The first-order chi connectivity index (χ1) is 13.7. The van der Waals surface area contributed by atoms with Crippen LogP contribution in [-0.2, 0) is 16.1 Å². The molecular weight excluding hydrogens is 396 g/mol. The summed E-state index contributed by atoms with van der Waals surface area (Å²) < 4.78 is 21.9. The quantitative estimate of drug-likeness (QED) is 0.746. The van der Waals surface area contributed by atoms with Gasteiger partial charge in [-0.15, -0.1) is 12.4 Å². The lowest BCUT2D eigenvalue weighted by atomic mass is 9.79. The highest BCUT2D eigenvalue weighted by atomic mass is 35.5. The number of nitrogens with one attached hydrogen (secondary N) is 1. The molecule has 2 aromatic carbocycles. The fourth-order valence-electron chi connectivity index (χ4n) is 3.42. The summed E-state index contributed by atoms with van der Waals surface area (Å²) in [6, 6.07) is 13.1. The molecule has 2 aromatic rings. The van der Waals surface area contributed by atoms with E-state index < -0.39 is 5.41 Å². The first-order valence-electron chi connectivity index (χ1n) is 9.39. The molecule has 8 heteroatoms. The lowest BCUT2D eigenvalue weighted by Gasteiger charge is -2.34. The van der Waals surface area contributed by atoms with E-state index in [1.54, 1.807) is 0 Å². The number of halogens is 1. The molecule has 7 nitrogen and oxygen atoms in total. The van der Waals surface area contributed by atoms with Gasteiger partial charge in [0.2, 0.25) is 12.7 Å². The third-order valence-corrected chi connectivity index (χ3v) is 5.26. The molecule has 0 bridgehead atoms. The van der Waals surface area contributed by atoms with E-state index >= 15 is 0 Å². The van der Waals surface area contributed by atoms with E-state index in [-0.39, 0.29) is 25.1 Å². The van der Waals surface area contributed by atoms with Crippen molar-refractivity contribution in [3.05, 3.63) is 48.0 Å². The van der Waals surface area contributed by atoms with E-state index in [4.69, 9.17) is 24.7 Å². The average molecular weight is 421 g/mol. The van der Waals surface area contributed by atoms with Gasteiger partial charge in [-0.2, -0.15) is 0 Å². The molecule has 2 heterocycles. The molecule has 0 spiro atoms. The van der Waals surface area contributed by atoms with E-state index in [2.05, 4.69) is 5.32 Å². The van der Waals surface area contributed by atoms with Crippen molar-refractivity contribution >= 4 is 24.0 Å². The predicted octanol–water partition coefficient (Wildman–Crippen LogP) is 3.11. The minimum Gasteiger partial charge on any atom is -0.489 e. The van der Waals surface area contributed by atoms with Crippen LogP contribution in [0.15, 0.2) is 42.5 Å². The molecule has 2 aliphatic rings. The highest BCUT2D eigenvalue weighted by Crippen LogP contribution is 2.35. The number of hydrogen-bond donors (Lipinski definition) is 2. The van der Waals surface area contributed by atoms with E-state index in [1.165, 1.54) is 0 Å². The van der Waals surface area contributed by atoms with Crippen LogP contribution < -0.4 is 25.3 Å². The number of ether oxygens (including phenoxy) is 4. The fraction of sp³-hybridized carbons (Fsp3) is 0.381. The molecule has 0 saturated carbocycles. The van der Waals surface area contributed by atoms with E-state index in [9.17, 15) is 4.79 Å². The van der Waals surface area contributed by atoms with Gasteiger partial charge in [0.1, 0.15) is 12.4 Å². The summed E-state index contributed by atoms with van der Waals surface area (Å²) in [6.45, 7) is 2.05. The van der Waals surface area contributed by atoms with E-state index in [0.29, 0.717) is 50.7 Å². The second-order valence-electron chi connectivity index (χ2n) is 7.06. The van der Waals surface area contributed by atoms with Crippen molar-refractivity contribution in [2.24, 2.45) is 11.1 Å². The summed E-state index contributed by atoms with van der Waals surface area (Å²) in [5.41, 5.74) is 7.04. The number of nitrogens with two attached hydrogens (primary N) is 1. The molecule has 0 aliphatic carbocycles. The van der Waals surface area contributed by atoms with Crippen molar-refractivity contribution in [1.29, 1.82) is 0 Å². The van der Waals surface area contributed by atoms with Crippen LogP contribution in [0.3, 0.4) is 0 Å². The van der Waals surface area contributed by atoms with Crippen LogP contribution in [0.1, 0.15) is 18.4 Å². The third kappa shape index (κ3) is 4.75. The smallest absolute Gasteiger partial charge is 0.232 e. The van der Waals surface area contributed by atoms with E-state index in [1.807, 2.05) is 42.5 Å². The second kappa shape index (κ2) is 9.35. The first-order valence-corrected chi connectivity index (χ1v) is 9.39. The monoisotopic (exact) mass is 420 g/mol. The lowest BCUT2D eigenvalue weighted by molar-refractivity contribution is -0.130. The van der Waals surface area contributed by atoms with Crippen LogP contribution in [0.2, 0.25) is 0 Å². The Kier molecular flexibility index (Phi) is 6.84. The Labute approximate surface area is 175 Å². The zero-order valence-electron chi connectivity index (χ0n) is 16.0. The van der Waals surface area contributed by atoms with Crippen LogP contribution in [0.4, 0.5) is 5.69 Å². The zero-order chi connectivity index (χ0) is 19.4. The number of fused-ring (bicyclic) bond motifs is 1. The summed E-state index contributed by atoms with van der Waals surface area (Å²) in [5, 5.41) is 3.01. The third-order valence-electron chi connectivity index (χ3n) is 5.26. The molecule has 29 heavy (non-hydrogen) atoms. The Hall–Kier alpha value is -2.48. The van der Waals surface area contributed by atoms with Crippen molar-refractivity contribution in [3.63, 3.8) is 0 Å². The molecule has 3 N–H and O–H groups in total. The Morgan fingerprint density at radius 1 is 1.10 bits per heavy atom. The SMILES string of the molecule is Cl.NCC1(C(=O)Nc2cccc(COc3ccc4c(c3)OCO4)c2)CCOCC1. The van der Waals surface area contributed by atoms with Gasteiger partial charge in [-0.1, -0.05) is 12.1 Å². The van der Waals surface area contributed by atoms with E-state index in [0.717, 1.165) is 17.0 Å². The number of hydrogen-bond acceptors (Lipinski definition) is 6. The van der Waals surface area contributed by atoms with Crippen LogP contribution in [0, 0.1) is 5.41 Å². The number of carbonyl (C=O) groups excluding carboxylic acids is 1. The van der Waals surface area contributed by atoms with Gasteiger partial charge < -0.3 is 30.0 Å². The molecule has 156 valence electrons. The molecule has 1 fully saturated rings. The van der Waals surface area contributed by atoms with Gasteiger partial charge in [-0.05, 0) is 42.7 Å². The first kappa shape index (κ1) is 21.2. The number of anilines is 1. The molecule has 0 atom stereocenters. The summed E-state index contributed by atoms with van der Waals surface area (Å²) in [4.78, 5) is 12.8. The Bertz CT molecular complexity index is 855. The van der Waals surface area contributed by atoms with Crippen LogP contribution in [0.25, 0.3) is 0 Å². The Morgan fingerprint density at radius 2 is 1.90 bits per heavy atom. The fourth-order valence-corrected chi connectivity index (χ4v) is 3.42.